The van der Waals surface area contributed by atoms with E-state index >= 15 is 0 Å². The van der Waals surface area contributed by atoms with E-state index < -0.39 is 5.97 Å². The predicted octanol–water partition coefficient (Wildman–Crippen LogP) is 3.82. The standard InChI is InChI=1S/C16H16O3/c1-11-8-12(2)10-15(9-11)19-16(17)7-6-14-5-4-13(3)18-14/h4-10H,1-3H3/b7-6+. The Morgan fingerprint density at radius 2 is 1.79 bits per heavy atom. The Morgan fingerprint density at radius 3 is 2.37 bits per heavy atom. The lowest BCUT2D eigenvalue weighted by atomic mass is 10.1. The van der Waals surface area contributed by atoms with Gasteiger partial charge in [0.25, 0.3) is 0 Å². The summed E-state index contributed by atoms with van der Waals surface area (Å²) < 4.78 is 10.6. The normalized spacial score (nSPS) is 10.9. The average Bonchev–Trinajstić information content (AvgIpc) is 2.71. The zero-order valence-electron chi connectivity index (χ0n) is 11.3. The van der Waals surface area contributed by atoms with E-state index in [4.69, 9.17) is 9.15 Å². The highest BCUT2D eigenvalue weighted by Crippen LogP contribution is 2.16. The van der Waals surface area contributed by atoms with Crippen LogP contribution in [0, 0.1) is 20.8 Å². The number of benzene rings is 1. The molecule has 3 heteroatoms. The minimum atomic E-state index is -0.418. The van der Waals surface area contributed by atoms with Crippen molar-refractivity contribution >= 4 is 12.0 Å². The van der Waals surface area contributed by atoms with Crippen molar-refractivity contribution in [2.45, 2.75) is 20.8 Å². The molecule has 1 heterocycles. The van der Waals surface area contributed by atoms with Gasteiger partial charge in [0.05, 0.1) is 0 Å². The first-order valence-corrected chi connectivity index (χ1v) is 6.07. The summed E-state index contributed by atoms with van der Waals surface area (Å²) in [5, 5.41) is 0. The molecule has 1 aromatic carbocycles. The van der Waals surface area contributed by atoms with Crippen LogP contribution in [0.1, 0.15) is 22.6 Å². The maximum Gasteiger partial charge on any atom is 0.336 e. The van der Waals surface area contributed by atoms with Crippen LogP contribution in [-0.2, 0) is 4.79 Å². The lowest BCUT2D eigenvalue weighted by molar-refractivity contribution is -0.128. The van der Waals surface area contributed by atoms with Gasteiger partial charge in [0.1, 0.15) is 17.3 Å². The molecule has 98 valence electrons. The van der Waals surface area contributed by atoms with Gasteiger partial charge in [-0.3, -0.25) is 0 Å². The van der Waals surface area contributed by atoms with Crippen molar-refractivity contribution in [1.29, 1.82) is 0 Å². The van der Waals surface area contributed by atoms with E-state index in [9.17, 15) is 4.79 Å². The molecular formula is C16H16O3. The Hall–Kier alpha value is -2.29. The van der Waals surface area contributed by atoms with E-state index in [2.05, 4.69) is 0 Å². The fourth-order valence-corrected chi connectivity index (χ4v) is 1.84. The Morgan fingerprint density at radius 1 is 1.11 bits per heavy atom. The van der Waals surface area contributed by atoms with Crippen LogP contribution < -0.4 is 4.74 Å². The molecule has 0 unspecified atom stereocenters. The number of esters is 1. The van der Waals surface area contributed by atoms with Gasteiger partial charge in [0.15, 0.2) is 0 Å². The first-order chi connectivity index (χ1) is 9.02. The van der Waals surface area contributed by atoms with Crippen LogP contribution in [0.25, 0.3) is 6.08 Å². The largest absolute Gasteiger partial charge is 0.462 e. The van der Waals surface area contributed by atoms with Crippen LogP contribution in [0.4, 0.5) is 0 Å². The average molecular weight is 256 g/mol. The SMILES string of the molecule is Cc1cc(C)cc(OC(=O)/C=C/c2ccc(C)o2)c1. The zero-order chi connectivity index (χ0) is 13.8. The summed E-state index contributed by atoms with van der Waals surface area (Å²) >= 11 is 0. The molecule has 0 spiro atoms. The van der Waals surface area contributed by atoms with E-state index in [1.807, 2.05) is 45.0 Å². The summed E-state index contributed by atoms with van der Waals surface area (Å²) in [5.74, 6) is 1.58. The highest BCUT2D eigenvalue weighted by molar-refractivity contribution is 5.88. The molecule has 0 aliphatic carbocycles. The fraction of sp³-hybridized carbons (Fsp3) is 0.188. The van der Waals surface area contributed by atoms with Crippen LogP contribution in [0.15, 0.2) is 40.8 Å². The molecule has 0 aliphatic rings. The third-order valence-electron chi connectivity index (χ3n) is 2.56. The molecule has 3 nitrogen and oxygen atoms in total. The van der Waals surface area contributed by atoms with E-state index in [0.717, 1.165) is 16.9 Å². The van der Waals surface area contributed by atoms with Gasteiger partial charge in [-0.25, -0.2) is 4.79 Å². The van der Waals surface area contributed by atoms with Crippen molar-refractivity contribution in [3.63, 3.8) is 0 Å². The Labute approximate surface area is 112 Å². The number of hydrogen-bond donors (Lipinski definition) is 0. The summed E-state index contributed by atoms with van der Waals surface area (Å²) in [7, 11) is 0. The third kappa shape index (κ3) is 3.85. The van der Waals surface area contributed by atoms with Crippen molar-refractivity contribution in [2.24, 2.45) is 0 Å². The van der Waals surface area contributed by atoms with Crippen LogP contribution in [0.5, 0.6) is 5.75 Å². The molecule has 2 rings (SSSR count). The second-order valence-electron chi connectivity index (χ2n) is 4.53. The van der Waals surface area contributed by atoms with Crippen molar-refractivity contribution in [3.8, 4) is 5.75 Å². The summed E-state index contributed by atoms with van der Waals surface area (Å²) in [6.07, 6.45) is 2.95. The summed E-state index contributed by atoms with van der Waals surface area (Å²) in [4.78, 5) is 11.7. The fourth-order valence-electron chi connectivity index (χ4n) is 1.84. The first kappa shape index (κ1) is 13.1. The topological polar surface area (TPSA) is 39.4 Å². The number of rotatable bonds is 3. The Kier molecular flexibility index (Phi) is 3.85. The van der Waals surface area contributed by atoms with Gasteiger partial charge in [-0.15, -0.1) is 0 Å². The summed E-state index contributed by atoms with van der Waals surface area (Å²) in [5.41, 5.74) is 2.13. The van der Waals surface area contributed by atoms with Crippen molar-refractivity contribution < 1.29 is 13.9 Å². The van der Waals surface area contributed by atoms with Crippen LogP contribution >= 0.6 is 0 Å². The van der Waals surface area contributed by atoms with Gasteiger partial charge in [0.2, 0.25) is 0 Å². The minimum Gasteiger partial charge on any atom is -0.462 e. The molecule has 0 fully saturated rings. The van der Waals surface area contributed by atoms with E-state index in [1.165, 1.54) is 6.08 Å². The van der Waals surface area contributed by atoms with Crippen LogP contribution in [0.3, 0.4) is 0 Å². The number of hydrogen-bond acceptors (Lipinski definition) is 3. The monoisotopic (exact) mass is 256 g/mol. The van der Waals surface area contributed by atoms with Gasteiger partial charge in [0, 0.05) is 6.08 Å². The molecule has 2 aromatic rings. The maximum atomic E-state index is 11.7. The highest BCUT2D eigenvalue weighted by atomic mass is 16.5. The molecule has 0 saturated heterocycles. The maximum absolute atomic E-state index is 11.7. The highest BCUT2D eigenvalue weighted by Gasteiger charge is 2.02. The molecule has 1 aromatic heterocycles. The Bertz CT molecular complexity index is 600. The van der Waals surface area contributed by atoms with Gasteiger partial charge < -0.3 is 9.15 Å². The van der Waals surface area contributed by atoms with Gasteiger partial charge in [-0.2, -0.15) is 0 Å². The van der Waals surface area contributed by atoms with Crippen LogP contribution in [0.2, 0.25) is 0 Å². The molecule has 0 saturated carbocycles. The second-order valence-corrected chi connectivity index (χ2v) is 4.53. The quantitative estimate of drug-likeness (QED) is 0.476. The molecule has 0 atom stereocenters. The van der Waals surface area contributed by atoms with Gasteiger partial charge >= 0.3 is 5.97 Å². The van der Waals surface area contributed by atoms with Crippen molar-refractivity contribution in [3.05, 3.63) is 59.1 Å². The van der Waals surface area contributed by atoms with Gasteiger partial charge in [-0.05, 0) is 62.2 Å². The lowest BCUT2D eigenvalue weighted by Crippen LogP contribution is -2.03. The molecule has 0 radical (unpaired) electrons. The number of carbonyl (C=O) groups is 1. The second kappa shape index (κ2) is 5.57. The molecular weight excluding hydrogens is 240 g/mol. The zero-order valence-corrected chi connectivity index (χ0v) is 11.3. The van der Waals surface area contributed by atoms with E-state index in [0.29, 0.717) is 11.5 Å². The van der Waals surface area contributed by atoms with E-state index in [-0.39, 0.29) is 0 Å². The van der Waals surface area contributed by atoms with Gasteiger partial charge in [-0.1, -0.05) is 6.07 Å². The number of furan rings is 1. The third-order valence-corrected chi connectivity index (χ3v) is 2.56. The number of carbonyl (C=O) groups excluding carboxylic acids is 1. The molecule has 19 heavy (non-hydrogen) atoms. The first-order valence-electron chi connectivity index (χ1n) is 6.07. The molecule has 0 bridgehead atoms. The van der Waals surface area contributed by atoms with Crippen molar-refractivity contribution in [1.82, 2.24) is 0 Å². The predicted molar refractivity (Wildman–Crippen MR) is 74.0 cm³/mol. The molecule has 0 amide bonds. The number of ether oxygens (including phenoxy) is 1. The Balaban J connectivity index is 2.03. The number of aryl methyl sites for hydroxylation is 3. The molecule has 0 N–H and O–H groups in total. The van der Waals surface area contributed by atoms with Crippen molar-refractivity contribution in [2.75, 3.05) is 0 Å². The molecule has 0 aliphatic heterocycles. The lowest BCUT2D eigenvalue weighted by Gasteiger charge is -2.04. The van der Waals surface area contributed by atoms with E-state index in [1.54, 1.807) is 12.1 Å². The van der Waals surface area contributed by atoms with Crippen LogP contribution in [-0.4, -0.2) is 5.97 Å². The summed E-state index contributed by atoms with van der Waals surface area (Å²) in [6.45, 7) is 5.78. The smallest absolute Gasteiger partial charge is 0.336 e. The minimum absolute atomic E-state index is 0.418. The summed E-state index contributed by atoms with van der Waals surface area (Å²) in [6, 6.07) is 9.33.